The second-order valence-corrected chi connectivity index (χ2v) is 6.67. The maximum atomic E-state index is 12.3. The van der Waals surface area contributed by atoms with E-state index in [9.17, 15) is 4.79 Å². The van der Waals surface area contributed by atoms with Crippen molar-refractivity contribution >= 4 is 5.97 Å². The SMILES string of the molecule is CCCCOc1ccc(C(=O)O[C@@H]2C[C@@H](C)N(C)C[C@@H]2C)cc1. The van der Waals surface area contributed by atoms with Crippen LogP contribution in [-0.2, 0) is 4.74 Å². The number of likely N-dealkylation sites (tertiary alicyclic amines) is 1. The Balaban J connectivity index is 1.90. The molecule has 0 aliphatic carbocycles. The van der Waals surface area contributed by atoms with Crippen LogP contribution in [0.1, 0.15) is 50.4 Å². The van der Waals surface area contributed by atoms with E-state index in [-0.39, 0.29) is 12.1 Å². The Hall–Kier alpha value is -1.55. The molecule has 1 heterocycles. The number of carbonyl (C=O) groups excluding carboxylic acids is 1. The maximum absolute atomic E-state index is 12.3. The summed E-state index contributed by atoms with van der Waals surface area (Å²) >= 11 is 0. The number of nitrogens with zero attached hydrogens (tertiary/aromatic N) is 1. The van der Waals surface area contributed by atoms with E-state index in [4.69, 9.17) is 9.47 Å². The van der Waals surface area contributed by atoms with Crippen LogP contribution in [0.4, 0.5) is 0 Å². The van der Waals surface area contributed by atoms with Crippen molar-refractivity contribution in [3.05, 3.63) is 29.8 Å². The molecule has 4 heteroatoms. The Morgan fingerprint density at radius 3 is 2.61 bits per heavy atom. The second kappa shape index (κ2) is 8.34. The first-order chi connectivity index (χ1) is 11.0. The van der Waals surface area contributed by atoms with Gasteiger partial charge in [0.05, 0.1) is 12.2 Å². The number of hydrogen-bond donors (Lipinski definition) is 0. The van der Waals surface area contributed by atoms with Gasteiger partial charge in [0.25, 0.3) is 0 Å². The Morgan fingerprint density at radius 2 is 1.96 bits per heavy atom. The van der Waals surface area contributed by atoms with Crippen LogP contribution in [0.5, 0.6) is 5.75 Å². The van der Waals surface area contributed by atoms with E-state index >= 15 is 0 Å². The highest BCUT2D eigenvalue weighted by Crippen LogP contribution is 2.24. The largest absolute Gasteiger partial charge is 0.494 e. The van der Waals surface area contributed by atoms with Gasteiger partial charge in [0, 0.05) is 18.5 Å². The summed E-state index contributed by atoms with van der Waals surface area (Å²) in [6.07, 6.45) is 3.03. The van der Waals surface area contributed by atoms with Gasteiger partial charge in [-0.1, -0.05) is 20.3 Å². The molecule has 0 bridgehead atoms. The first kappa shape index (κ1) is 17.8. The summed E-state index contributed by atoms with van der Waals surface area (Å²) in [5.74, 6) is 0.923. The molecule has 3 atom stereocenters. The maximum Gasteiger partial charge on any atom is 0.338 e. The number of rotatable bonds is 6. The van der Waals surface area contributed by atoms with Gasteiger partial charge in [-0.2, -0.15) is 0 Å². The van der Waals surface area contributed by atoms with Crippen LogP contribution in [0.25, 0.3) is 0 Å². The predicted molar refractivity (Wildman–Crippen MR) is 91.9 cm³/mol. The van der Waals surface area contributed by atoms with Gasteiger partial charge in [-0.3, -0.25) is 0 Å². The van der Waals surface area contributed by atoms with E-state index in [1.54, 1.807) is 12.1 Å². The Labute approximate surface area is 139 Å². The van der Waals surface area contributed by atoms with Crippen LogP contribution in [-0.4, -0.2) is 43.2 Å². The highest BCUT2D eigenvalue weighted by atomic mass is 16.5. The molecule has 1 saturated heterocycles. The minimum atomic E-state index is -0.237. The van der Waals surface area contributed by atoms with Gasteiger partial charge < -0.3 is 14.4 Å². The number of hydrogen-bond acceptors (Lipinski definition) is 4. The summed E-state index contributed by atoms with van der Waals surface area (Å²) in [5.41, 5.74) is 0.589. The Bertz CT molecular complexity index is 500. The molecule has 0 saturated carbocycles. The summed E-state index contributed by atoms with van der Waals surface area (Å²) in [5, 5.41) is 0. The number of carbonyl (C=O) groups is 1. The molecular formula is C19H29NO3. The number of benzene rings is 1. The van der Waals surface area contributed by atoms with Crippen molar-refractivity contribution in [1.82, 2.24) is 4.90 Å². The van der Waals surface area contributed by atoms with Crippen LogP contribution in [0.3, 0.4) is 0 Å². The molecule has 1 fully saturated rings. The van der Waals surface area contributed by atoms with Crippen molar-refractivity contribution in [3.63, 3.8) is 0 Å². The lowest BCUT2D eigenvalue weighted by atomic mass is 9.92. The lowest BCUT2D eigenvalue weighted by molar-refractivity contribution is -0.0196. The van der Waals surface area contributed by atoms with Crippen molar-refractivity contribution < 1.29 is 14.3 Å². The van der Waals surface area contributed by atoms with Crippen molar-refractivity contribution in [2.24, 2.45) is 5.92 Å². The third-order valence-corrected chi connectivity index (χ3v) is 4.65. The fraction of sp³-hybridized carbons (Fsp3) is 0.632. The summed E-state index contributed by atoms with van der Waals surface area (Å²) in [6, 6.07) is 7.69. The fourth-order valence-electron chi connectivity index (χ4n) is 2.89. The summed E-state index contributed by atoms with van der Waals surface area (Å²) in [6.45, 7) is 8.13. The molecule has 0 aromatic heterocycles. The molecule has 1 aliphatic heterocycles. The van der Waals surface area contributed by atoms with E-state index < -0.39 is 0 Å². The van der Waals surface area contributed by atoms with Crippen LogP contribution in [0, 0.1) is 5.92 Å². The molecule has 4 nitrogen and oxygen atoms in total. The lowest BCUT2D eigenvalue weighted by Crippen LogP contribution is -2.46. The Kier molecular flexibility index (Phi) is 6.46. The van der Waals surface area contributed by atoms with Gasteiger partial charge in [0.15, 0.2) is 0 Å². The van der Waals surface area contributed by atoms with Crippen molar-refractivity contribution in [3.8, 4) is 5.75 Å². The van der Waals surface area contributed by atoms with Crippen LogP contribution in [0.2, 0.25) is 0 Å². The average molecular weight is 319 g/mol. The predicted octanol–water partition coefficient (Wildman–Crippen LogP) is 3.75. The van der Waals surface area contributed by atoms with Crippen LogP contribution < -0.4 is 4.74 Å². The van der Waals surface area contributed by atoms with E-state index in [2.05, 4.69) is 32.7 Å². The molecule has 0 spiro atoms. The zero-order valence-corrected chi connectivity index (χ0v) is 14.7. The number of piperidine rings is 1. The molecule has 2 rings (SSSR count). The standard InChI is InChI=1S/C19H29NO3/c1-5-6-11-22-17-9-7-16(8-10-17)19(21)23-18-12-15(3)20(4)13-14(18)2/h7-10,14-15,18H,5-6,11-13H2,1-4H3/t14-,15+,18+/m0/s1. The van der Waals surface area contributed by atoms with Gasteiger partial charge in [-0.25, -0.2) is 4.79 Å². The molecule has 128 valence electrons. The molecule has 1 aromatic rings. The topological polar surface area (TPSA) is 38.8 Å². The van der Waals surface area contributed by atoms with E-state index in [0.29, 0.717) is 24.1 Å². The normalized spacial score (nSPS) is 25.1. The minimum Gasteiger partial charge on any atom is -0.494 e. The average Bonchev–Trinajstić information content (AvgIpc) is 2.53. The first-order valence-corrected chi connectivity index (χ1v) is 8.65. The number of ether oxygens (including phenoxy) is 2. The highest BCUT2D eigenvalue weighted by Gasteiger charge is 2.31. The third-order valence-electron chi connectivity index (χ3n) is 4.65. The monoisotopic (exact) mass is 319 g/mol. The first-order valence-electron chi connectivity index (χ1n) is 8.65. The van der Waals surface area contributed by atoms with Crippen molar-refractivity contribution in [2.45, 2.75) is 52.2 Å². The molecule has 0 N–H and O–H groups in total. The fourth-order valence-corrected chi connectivity index (χ4v) is 2.89. The number of esters is 1. The van der Waals surface area contributed by atoms with Gasteiger partial charge in [-0.05, 0) is 51.1 Å². The van der Waals surface area contributed by atoms with E-state index in [0.717, 1.165) is 31.6 Å². The molecule has 1 aliphatic rings. The molecule has 1 aromatic carbocycles. The molecular weight excluding hydrogens is 290 g/mol. The molecule has 0 amide bonds. The van der Waals surface area contributed by atoms with Gasteiger partial charge in [0.1, 0.15) is 11.9 Å². The van der Waals surface area contributed by atoms with E-state index in [1.807, 2.05) is 12.1 Å². The van der Waals surface area contributed by atoms with Crippen molar-refractivity contribution in [2.75, 3.05) is 20.2 Å². The van der Waals surface area contributed by atoms with Gasteiger partial charge in [-0.15, -0.1) is 0 Å². The quantitative estimate of drug-likeness (QED) is 0.591. The lowest BCUT2D eigenvalue weighted by Gasteiger charge is -2.39. The molecule has 0 radical (unpaired) electrons. The van der Waals surface area contributed by atoms with Gasteiger partial charge >= 0.3 is 5.97 Å². The zero-order valence-electron chi connectivity index (χ0n) is 14.7. The van der Waals surface area contributed by atoms with E-state index in [1.165, 1.54) is 0 Å². The van der Waals surface area contributed by atoms with Gasteiger partial charge in [0.2, 0.25) is 0 Å². The smallest absolute Gasteiger partial charge is 0.338 e. The minimum absolute atomic E-state index is 0.00539. The summed E-state index contributed by atoms with van der Waals surface area (Å²) in [4.78, 5) is 14.7. The second-order valence-electron chi connectivity index (χ2n) is 6.67. The zero-order chi connectivity index (χ0) is 16.8. The molecule has 23 heavy (non-hydrogen) atoms. The van der Waals surface area contributed by atoms with Crippen LogP contribution in [0.15, 0.2) is 24.3 Å². The molecule has 0 unspecified atom stereocenters. The summed E-state index contributed by atoms with van der Waals surface area (Å²) in [7, 11) is 2.12. The van der Waals surface area contributed by atoms with Crippen LogP contribution >= 0.6 is 0 Å². The number of unbranched alkanes of at least 4 members (excludes halogenated alkanes) is 1. The highest BCUT2D eigenvalue weighted by molar-refractivity contribution is 5.89. The van der Waals surface area contributed by atoms with Crippen molar-refractivity contribution in [1.29, 1.82) is 0 Å². The Morgan fingerprint density at radius 1 is 1.26 bits per heavy atom. The summed E-state index contributed by atoms with van der Waals surface area (Å²) < 4.78 is 11.4. The third kappa shape index (κ3) is 4.96.